The van der Waals surface area contributed by atoms with Crippen molar-refractivity contribution in [3.63, 3.8) is 0 Å². The van der Waals surface area contributed by atoms with Crippen LogP contribution in [0, 0.1) is 0 Å². The quantitative estimate of drug-likeness (QED) is 0.878. The van der Waals surface area contributed by atoms with Gasteiger partial charge in [-0.05, 0) is 12.8 Å². The van der Waals surface area contributed by atoms with Gasteiger partial charge < -0.3 is 10.0 Å². The van der Waals surface area contributed by atoms with Crippen LogP contribution in [-0.2, 0) is 11.2 Å². The Morgan fingerprint density at radius 1 is 1.61 bits per heavy atom. The summed E-state index contributed by atoms with van der Waals surface area (Å²) in [7, 11) is 0. The summed E-state index contributed by atoms with van der Waals surface area (Å²) >= 11 is 1.56. The Morgan fingerprint density at radius 2 is 2.50 bits per heavy atom. The highest BCUT2D eigenvalue weighted by atomic mass is 32.1. The molecule has 0 aliphatic carbocycles. The lowest BCUT2D eigenvalue weighted by atomic mass is 10.1. The van der Waals surface area contributed by atoms with Crippen molar-refractivity contribution >= 4 is 22.2 Å². The number of fused-ring (bicyclic) bond motifs is 1. The number of piperidine rings is 1. The summed E-state index contributed by atoms with van der Waals surface area (Å²) in [6.07, 6.45) is 5.46. The van der Waals surface area contributed by atoms with E-state index in [9.17, 15) is 9.90 Å². The third kappa shape index (κ3) is 2.26. The summed E-state index contributed by atoms with van der Waals surface area (Å²) in [6.45, 7) is 1.21. The van der Waals surface area contributed by atoms with Gasteiger partial charge in [-0.25, -0.2) is 4.98 Å². The van der Waals surface area contributed by atoms with E-state index in [-0.39, 0.29) is 12.0 Å². The number of imidazole rings is 1. The molecule has 5 nitrogen and oxygen atoms in total. The predicted octanol–water partition coefficient (Wildman–Crippen LogP) is 0.922. The first-order valence-electron chi connectivity index (χ1n) is 6.09. The van der Waals surface area contributed by atoms with Crippen molar-refractivity contribution in [1.82, 2.24) is 14.3 Å². The molecule has 96 valence electrons. The molecule has 2 aromatic heterocycles. The maximum absolute atomic E-state index is 12.1. The van der Waals surface area contributed by atoms with Crippen molar-refractivity contribution in [2.24, 2.45) is 0 Å². The highest BCUT2D eigenvalue weighted by molar-refractivity contribution is 7.15. The van der Waals surface area contributed by atoms with Gasteiger partial charge in [0.1, 0.15) is 0 Å². The molecule has 0 spiro atoms. The molecule has 1 aliphatic heterocycles. The maximum atomic E-state index is 12.1. The highest BCUT2D eigenvalue weighted by Gasteiger charge is 2.22. The molecular weight excluding hydrogens is 250 g/mol. The zero-order valence-electron chi connectivity index (χ0n) is 9.95. The van der Waals surface area contributed by atoms with Crippen molar-refractivity contribution in [3.8, 4) is 0 Å². The van der Waals surface area contributed by atoms with E-state index in [1.165, 1.54) is 0 Å². The van der Waals surface area contributed by atoms with Crippen LogP contribution in [-0.4, -0.2) is 44.5 Å². The molecule has 3 heterocycles. The smallest absolute Gasteiger partial charge is 0.228 e. The van der Waals surface area contributed by atoms with Crippen molar-refractivity contribution in [2.75, 3.05) is 13.1 Å². The molecular formula is C12H15N3O2S. The van der Waals surface area contributed by atoms with E-state index < -0.39 is 0 Å². The Bertz CT molecular complexity index is 534. The molecule has 0 saturated carbocycles. The van der Waals surface area contributed by atoms with Crippen LogP contribution < -0.4 is 0 Å². The predicted molar refractivity (Wildman–Crippen MR) is 68.6 cm³/mol. The first-order valence-corrected chi connectivity index (χ1v) is 6.97. The Kier molecular flexibility index (Phi) is 3.05. The first kappa shape index (κ1) is 11.7. The van der Waals surface area contributed by atoms with Gasteiger partial charge in [0.2, 0.25) is 5.91 Å². The minimum atomic E-state index is -0.367. The van der Waals surface area contributed by atoms with E-state index in [0.29, 0.717) is 13.0 Å². The van der Waals surface area contributed by atoms with Gasteiger partial charge in [-0.3, -0.25) is 9.20 Å². The van der Waals surface area contributed by atoms with Gasteiger partial charge in [0.15, 0.2) is 4.96 Å². The van der Waals surface area contributed by atoms with Crippen LogP contribution in [0.4, 0.5) is 0 Å². The van der Waals surface area contributed by atoms with Crippen LogP contribution in [0.1, 0.15) is 18.5 Å². The fraction of sp³-hybridized carbons (Fsp3) is 0.500. The third-order valence-electron chi connectivity index (χ3n) is 3.22. The average molecular weight is 265 g/mol. The van der Waals surface area contributed by atoms with Crippen molar-refractivity contribution in [1.29, 1.82) is 0 Å². The molecule has 6 heteroatoms. The number of hydrogen-bond acceptors (Lipinski definition) is 4. The number of aromatic nitrogens is 2. The van der Waals surface area contributed by atoms with Gasteiger partial charge in [-0.15, -0.1) is 11.3 Å². The number of nitrogens with zero attached hydrogens (tertiary/aromatic N) is 3. The number of thiazole rings is 1. The summed E-state index contributed by atoms with van der Waals surface area (Å²) < 4.78 is 1.93. The summed E-state index contributed by atoms with van der Waals surface area (Å²) in [4.78, 5) is 19.1. The Balaban J connectivity index is 1.68. The number of carbonyl (C=O) groups excluding carboxylic acids is 1. The number of likely N-dealkylation sites (tertiary alicyclic amines) is 1. The lowest BCUT2D eigenvalue weighted by Gasteiger charge is -2.29. The molecule has 1 amide bonds. The van der Waals surface area contributed by atoms with E-state index in [1.54, 1.807) is 16.2 Å². The summed E-state index contributed by atoms with van der Waals surface area (Å²) in [5.74, 6) is 0.0551. The zero-order valence-corrected chi connectivity index (χ0v) is 10.8. The Morgan fingerprint density at radius 3 is 3.28 bits per heavy atom. The third-order valence-corrected chi connectivity index (χ3v) is 4.00. The molecule has 0 aromatic carbocycles. The van der Waals surface area contributed by atoms with E-state index in [1.807, 2.05) is 22.2 Å². The summed E-state index contributed by atoms with van der Waals surface area (Å²) in [6, 6.07) is 0. The molecule has 0 radical (unpaired) electrons. The topological polar surface area (TPSA) is 57.8 Å². The van der Waals surface area contributed by atoms with Gasteiger partial charge in [0, 0.05) is 30.9 Å². The lowest BCUT2D eigenvalue weighted by Crippen LogP contribution is -2.42. The molecule has 1 aliphatic rings. The normalized spacial score (nSPS) is 20.5. The fourth-order valence-electron chi connectivity index (χ4n) is 2.31. The Labute approximate surface area is 109 Å². The van der Waals surface area contributed by atoms with Crippen LogP contribution in [0.2, 0.25) is 0 Å². The number of aliphatic hydroxyl groups is 1. The van der Waals surface area contributed by atoms with Crippen molar-refractivity contribution in [3.05, 3.63) is 23.5 Å². The van der Waals surface area contributed by atoms with Crippen LogP contribution in [0.5, 0.6) is 0 Å². The minimum absolute atomic E-state index is 0.0551. The van der Waals surface area contributed by atoms with Crippen LogP contribution in [0.3, 0.4) is 0 Å². The van der Waals surface area contributed by atoms with Crippen molar-refractivity contribution < 1.29 is 9.90 Å². The van der Waals surface area contributed by atoms with Crippen LogP contribution in [0.15, 0.2) is 17.8 Å². The second-order valence-corrected chi connectivity index (χ2v) is 5.51. The number of rotatable bonds is 2. The van der Waals surface area contributed by atoms with Gasteiger partial charge in [0.05, 0.1) is 18.2 Å². The van der Waals surface area contributed by atoms with Gasteiger partial charge in [-0.1, -0.05) is 0 Å². The zero-order chi connectivity index (χ0) is 12.5. The monoisotopic (exact) mass is 265 g/mol. The van der Waals surface area contributed by atoms with Crippen LogP contribution in [0.25, 0.3) is 4.96 Å². The number of hydrogen-bond donors (Lipinski definition) is 1. The van der Waals surface area contributed by atoms with E-state index in [2.05, 4.69) is 4.98 Å². The largest absolute Gasteiger partial charge is 0.391 e. The van der Waals surface area contributed by atoms with Gasteiger partial charge in [0.25, 0.3) is 0 Å². The molecule has 1 atom stereocenters. The fourth-order valence-corrected chi connectivity index (χ4v) is 3.03. The Hall–Kier alpha value is -1.40. The summed E-state index contributed by atoms with van der Waals surface area (Å²) in [5.41, 5.74) is 0.798. The molecule has 1 fully saturated rings. The van der Waals surface area contributed by atoms with Gasteiger partial charge >= 0.3 is 0 Å². The van der Waals surface area contributed by atoms with Crippen molar-refractivity contribution in [2.45, 2.75) is 25.4 Å². The molecule has 1 N–H and O–H groups in total. The second-order valence-electron chi connectivity index (χ2n) is 4.64. The van der Waals surface area contributed by atoms with E-state index >= 15 is 0 Å². The second kappa shape index (κ2) is 4.70. The van der Waals surface area contributed by atoms with E-state index in [0.717, 1.165) is 30.0 Å². The molecule has 0 bridgehead atoms. The van der Waals surface area contributed by atoms with Gasteiger partial charge in [-0.2, -0.15) is 0 Å². The SMILES string of the molecule is O=C(Cc1cn2ccsc2n1)N1CCCC(O)C1. The summed E-state index contributed by atoms with van der Waals surface area (Å²) in [5, 5.41) is 11.5. The minimum Gasteiger partial charge on any atom is -0.391 e. The number of β-amino-alcohol motifs (C(OH)–C–C–N with tert-alkyl or cyclic N) is 1. The first-order chi connectivity index (χ1) is 8.72. The van der Waals surface area contributed by atoms with Crippen LogP contribution >= 0.6 is 11.3 Å². The number of aliphatic hydroxyl groups excluding tert-OH is 1. The molecule has 1 saturated heterocycles. The number of amides is 1. The molecule has 18 heavy (non-hydrogen) atoms. The average Bonchev–Trinajstić information content (AvgIpc) is 2.89. The standard InChI is InChI=1S/C12H15N3O2S/c16-10-2-1-3-14(8-10)11(17)6-9-7-15-4-5-18-12(15)13-9/h4-5,7,10,16H,1-3,6,8H2. The molecule has 3 rings (SSSR count). The number of carbonyl (C=O) groups is 1. The maximum Gasteiger partial charge on any atom is 0.228 e. The lowest BCUT2D eigenvalue weighted by molar-refractivity contribution is -0.133. The van der Waals surface area contributed by atoms with E-state index in [4.69, 9.17) is 0 Å². The molecule has 1 unspecified atom stereocenters. The molecule has 2 aromatic rings. The highest BCUT2D eigenvalue weighted by Crippen LogP contribution is 2.14.